The predicted octanol–water partition coefficient (Wildman–Crippen LogP) is -0.105. The molecule has 7 nitrogen and oxygen atoms in total. The molecule has 0 atom stereocenters. The van der Waals surface area contributed by atoms with Crippen molar-refractivity contribution < 1.29 is 21.6 Å². The van der Waals surface area contributed by atoms with Gasteiger partial charge in [-0.15, -0.1) is 0 Å². The fourth-order valence-corrected chi connectivity index (χ4v) is 5.82. The molecule has 2 aliphatic heterocycles. The van der Waals surface area contributed by atoms with E-state index >= 15 is 0 Å². The minimum absolute atomic E-state index is 0.125. The predicted molar refractivity (Wildman–Crippen MR) is 71.7 cm³/mol. The molecule has 1 aromatic carbocycles. The molecule has 0 bridgehead atoms. The second-order valence-corrected chi connectivity index (χ2v) is 8.88. The van der Waals surface area contributed by atoms with Crippen LogP contribution in [0, 0.1) is 0 Å². The van der Waals surface area contributed by atoms with Gasteiger partial charge in [-0.3, -0.25) is 4.79 Å². The van der Waals surface area contributed by atoms with E-state index in [0.29, 0.717) is 0 Å². The molecule has 0 spiro atoms. The quantitative estimate of drug-likeness (QED) is 0.690. The first-order valence-electron chi connectivity index (χ1n) is 5.39. The number of hydrogen-bond acceptors (Lipinski definition) is 5. The molecule has 1 aromatic rings. The minimum Gasteiger partial charge on any atom is -0.375 e. The molecule has 0 amide bonds. The Morgan fingerprint density at radius 2 is 1.80 bits per heavy atom. The first kappa shape index (κ1) is 13.2. The lowest BCUT2D eigenvalue weighted by Crippen LogP contribution is -2.57. The van der Waals surface area contributed by atoms with Gasteiger partial charge < -0.3 is 4.18 Å². The number of ketones is 1. The van der Waals surface area contributed by atoms with Crippen LogP contribution in [0.4, 0.5) is 0 Å². The molecular formula is C11H10N2O5S2. The normalized spacial score (nSPS) is 26.7. The van der Waals surface area contributed by atoms with Gasteiger partial charge in [0.25, 0.3) is 0 Å². The van der Waals surface area contributed by atoms with Crippen molar-refractivity contribution in [3.63, 3.8) is 0 Å². The Morgan fingerprint density at radius 3 is 2.50 bits per heavy atom. The molecule has 2 aliphatic rings. The molecular weight excluding hydrogens is 304 g/mol. The summed E-state index contributed by atoms with van der Waals surface area (Å²) in [6, 6.07) is 5.57. The second kappa shape index (κ2) is 3.44. The average molecular weight is 314 g/mol. The zero-order chi connectivity index (χ0) is 14.8. The van der Waals surface area contributed by atoms with Crippen LogP contribution in [0.2, 0.25) is 0 Å². The maximum absolute atomic E-state index is 12.5. The van der Waals surface area contributed by atoms with Crippen molar-refractivity contribution in [2.24, 2.45) is 10.3 Å². The maximum Gasteiger partial charge on any atom is 0.214 e. The van der Waals surface area contributed by atoms with Crippen molar-refractivity contribution in [2.75, 3.05) is 0 Å². The summed E-state index contributed by atoms with van der Waals surface area (Å²) in [5.41, 5.74) is -0.125. The first-order valence-corrected chi connectivity index (χ1v) is 8.89. The number of nitrogens with two attached hydrogens (primary N) is 2. The van der Waals surface area contributed by atoms with Crippen molar-refractivity contribution in [3.05, 3.63) is 52.0 Å². The Bertz CT molecular complexity index is 889. The van der Waals surface area contributed by atoms with Crippen molar-refractivity contribution in [3.8, 4) is 0 Å². The van der Waals surface area contributed by atoms with Crippen LogP contribution in [0.1, 0.15) is 10.4 Å². The van der Waals surface area contributed by atoms with Crippen molar-refractivity contribution in [1.29, 1.82) is 0 Å². The number of sulfone groups is 1. The highest BCUT2D eigenvalue weighted by molar-refractivity contribution is 8.17. The molecule has 2 heterocycles. The highest BCUT2D eigenvalue weighted by Crippen LogP contribution is 2.42. The van der Waals surface area contributed by atoms with E-state index in [4.69, 9.17) is 10.3 Å². The van der Waals surface area contributed by atoms with E-state index in [2.05, 4.69) is 4.18 Å². The summed E-state index contributed by atoms with van der Waals surface area (Å²) in [4.78, 5) is 11.0. The number of hydrogen-bond donors (Lipinski definition) is 2. The molecule has 9 heteroatoms. The zero-order valence-electron chi connectivity index (χ0n) is 9.98. The number of allylic oxidation sites excluding steroid dienone is 2. The van der Waals surface area contributed by atoms with Crippen LogP contribution in [0.15, 0.2) is 51.3 Å². The molecule has 0 aromatic heterocycles. The van der Waals surface area contributed by atoms with Gasteiger partial charge in [0.2, 0.25) is 15.6 Å². The third kappa shape index (κ3) is 1.54. The van der Waals surface area contributed by atoms with E-state index in [9.17, 15) is 17.4 Å². The largest absolute Gasteiger partial charge is 0.375 e. The van der Waals surface area contributed by atoms with Crippen molar-refractivity contribution in [2.45, 2.75) is 4.90 Å². The first-order chi connectivity index (χ1) is 9.13. The van der Waals surface area contributed by atoms with Gasteiger partial charge in [0.1, 0.15) is 11.2 Å². The molecule has 3 rings (SSSR count). The van der Waals surface area contributed by atoms with Gasteiger partial charge in [0, 0.05) is 5.56 Å². The van der Waals surface area contributed by atoms with Crippen LogP contribution in [0.5, 0.6) is 0 Å². The van der Waals surface area contributed by atoms with Gasteiger partial charge in [-0.1, -0.05) is 12.1 Å². The van der Waals surface area contributed by atoms with Gasteiger partial charge in [-0.25, -0.2) is 18.7 Å². The fourth-order valence-electron chi connectivity index (χ4n) is 2.16. The summed E-state index contributed by atoms with van der Waals surface area (Å²) < 4.78 is 42.0. The number of Topliss-reactive ketones (excluding diaryl/α,β-unsaturated/α-hetero) is 1. The molecule has 4 N–H and O–H groups in total. The lowest BCUT2D eigenvalue weighted by Gasteiger charge is -2.43. The lowest BCUT2D eigenvalue weighted by molar-refractivity contribution is 0.103. The smallest absolute Gasteiger partial charge is 0.214 e. The van der Waals surface area contributed by atoms with Crippen molar-refractivity contribution >= 4 is 25.3 Å². The Labute approximate surface area is 114 Å². The van der Waals surface area contributed by atoms with E-state index in [1.807, 2.05) is 0 Å². The summed E-state index contributed by atoms with van der Waals surface area (Å²) in [6.45, 7) is 0. The number of rotatable bonds is 0. The lowest BCUT2D eigenvalue weighted by atomic mass is 10.1. The van der Waals surface area contributed by atoms with Crippen LogP contribution in [0.25, 0.3) is 0 Å². The van der Waals surface area contributed by atoms with Crippen LogP contribution in [-0.4, -0.2) is 18.4 Å². The number of carbonyl (C=O) groups excluding carboxylic acids is 1. The standard InChI is InChI=1S/C11H10N2O5S2/c12-20(13,17)11-9(5-6-18-20)19(15,16)8-4-2-1-3-7(8)10(11)14/h1-6H,(H4,12,13,17). The zero-order valence-corrected chi connectivity index (χ0v) is 11.6. The summed E-state index contributed by atoms with van der Waals surface area (Å²) in [6.07, 6.45) is 1.85. The van der Waals surface area contributed by atoms with Crippen LogP contribution < -0.4 is 10.3 Å². The minimum atomic E-state index is -4.97. The van der Waals surface area contributed by atoms with E-state index in [1.165, 1.54) is 24.3 Å². The van der Waals surface area contributed by atoms with Gasteiger partial charge in [-0.2, -0.15) is 4.21 Å². The van der Waals surface area contributed by atoms with E-state index in [1.54, 1.807) is 0 Å². The van der Waals surface area contributed by atoms with Gasteiger partial charge in [-0.05, 0) is 27.9 Å². The summed E-state index contributed by atoms with van der Waals surface area (Å²) >= 11 is 0. The summed E-state index contributed by atoms with van der Waals surface area (Å²) in [5, 5.41) is 10.9. The summed E-state index contributed by atoms with van der Waals surface area (Å²) in [7, 11) is -8.99. The number of fused-ring (bicyclic) bond motifs is 1. The average Bonchev–Trinajstić information content (AvgIpc) is 2.34. The fraction of sp³-hybridized carbons (Fsp3) is 0. The molecule has 0 radical (unpaired) electrons. The molecule has 0 fully saturated rings. The molecule has 106 valence electrons. The highest BCUT2D eigenvalue weighted by Gasteiger charge is 2.46. The monoisotopic (exact) mass is 314 g/mol. The van der Waals surface area contributed by atoms with Crippen LogP contribution in [0.3, 0.4) is 0 Å². The van der Waals surface area contributed by atoms with E-state index in [0.717, 1.165) is 12.3 Å². The SMILES string of the molecule is NS1(N)(=O)OC=CC2=C1C(=O)c1ccccc1S2(=O)=O. The van der Waals surface area contributed by atoms with Gasteiger partial charge in [0.05, 0.1) is 4.90 Å². The molecule has 0 unspecified atom stereocenters. The highest BCUT2D eigenvalue weighted by atomic mass is 32.3. The van der Waals surface area contributed by atoms with Gasteiger partial charge in [0.15, 0.2) is 4.91 Å². The molecule has 0 aliphatic carbocycles. The Balaban J connectivity index is 2.49. The van der Waals surface area contributed by atoms with Crippen LogP contribution in [-0.2, 0) is 23.7 Å². The number of carbonyl (C=O) groups is 1. The molecule has 0 saturated heterocycles. The van der Waals surface area contributed by atoms with Gasteiger partial charge >= 0.3 is 0 Å². The Kier molecular flexibility index (Phi) is 2.27. The van der Waals surface area contributed by atoms with Crippen LogP contribution >= 0.6 is 0 Å². The third-order valence-corrected chi connectivity index (χ3v) is 6.72. The summed E-state index contributed by atoms with van der Waals surface area (Å²) in [5.74, 6) is -0.809. The van der Waals surface area contributed by atoms with E-state index in [-0.39, 0.29) is 10.5 Å². The second-order valence-electron chi connectivity index (χ2n) is 4.41. The third-order valence-electron chi connectivity index (χ3n) is 3.02. The molecule has 20 heavy (non-hydrogen) atoms. The Morgan fingerprint density at radius 1 is 1.15 bits per heavy atom. The number of benzene rings is 1. The molecule has 0 saturated carbocycles. The Hall–Kier alpha value is -1.81. The maximum atomic E-state index is 12.5. The van der Waals surface area contributed by atoms with E-state index < -0.39 is 35.1 Å². The topological polar surface area (TPSA) is 130 Å². The van der Waals surface area contributed by atoms with Crippen molar-refractivity contribution in [1.82, 2.24) is 0 Å².